The van der Waals surface area contributed by atoms with Crippen molar-refractivity contribution < 1.29 is 4.79 Å². The van der Waals surface area contributed by atoms with Gasteiger partial charge in [-0.3, -0.25) is 4.79 Å². The predicted octanol–water partition coefficient (Wildman–Crippen LogP) is 3.19. The lowest BCUT2D eigenvalue weighted by Crippen LogP contribution is -2.52. The molecule has 118 valence electrons. The minimum atomic E-state index is -0.0373. The van der Waals surface area contributed by atoms with Crippen molar-refractivity contribution in [1.29, 1.82) is 0 Å². The molecule has 0 spiro atoms. The minimum Gasteiger partial charge on any atom is -0.353 e. The number of nitrogens with one attached hydrogen (secondary N) is 1. The van der Waals surface area contributed by atoms with E-state index in [1.807, 2.05) is 0 Å². The summed E-state index contributed by atoms with van der Waals surface area (Å²) in [7, 11) is 0. The zero-order valence-electron chi connectivity index (χ0n) is 13.6. The Labute approximate surface area is 132 Å². The molecule has 3 N–H and O–H groups in total. The Kier molecular flexibility index (Phi) is 5.10. The first-order valence-electron chi connectivity index (χ1n) is 7.90. The molecular formula is C17H28N2OS. The van der Waals surface area contributed by atoms with Crippen molar-refractivity contribution in [3.05, 3.63) is 22.4 Å². The first-order chi connectivity index (χ1) is 9.82. The number of amides is 1. The molecule has 21 heavy (non-hydrogen) atoms. The first-order valence-corrected chi connectivity index (χ1v) is 8.78. The summed E-state index contributed by atoms with van der Waals surface area (Å²) in [6.07, 6.45) is 2.75. The van der Waals surface area contributed by atoms with E-state index in [9.17, 15) is 4.79 Å². The van der Waals surface area contributed by atoms with Crippen LogP contribution in [0, 0.1) is 17.3 Å². The van der Waals surface area contributed by atoms with Crippen LogP contribution in [0.25, 0.3) is 0 Å². The molecule has 0 aliphatic heterocycles. The van der Waals surface area contributed by atoms with Gasteiger partial charge in [0.05, 0.1) is 0 Å². The highest BCUT2D eigenvalue weighted by molar-refractivity contribution is 7.09. The van der Waals surface area contributed by atoms with E-state index >= 15 is 0 Å². The number of carbonyl (C=O) groups excluding carboxylic acids is 1. The Balaban J connectivity index is 1.96. The fourth-order valence-corrected chi connectivity index (χ4v) is 4.28. The monoisotopic (exact) mass is 308 g/mol. The highest BCUT2D eigenvalue weighted by atomic mass is 32.1. The molecular weight excluding hydrogens is 280 g/mol. The van der Waals surface area contributed by atoms with Crippen molar-refractivity contribution in [3.63, 3.8) is 0 Å². The predicted molar refractivity (Wildman–Crippen MR) is 89.3 cm³/mol. The van der Waals surface area contributed by atoms with Crippen LogP contribution in [0.2, 0.25) is 0 Å². The molecule has 2 rings (SSSR count). The lowest BCUT2D eigenvalue weighted by Gasteiger charge is -2.46. The van der Waals surface area contributed by atoms with Gasteiger partial charge in [-0.15, -0.1) is 11.3 Å². The molecule has 1 aliphatic rings. The van der Waals surface area contributed by atoms with Gasteiger partial charge in [0.2, 0.25) is 5.91 Å². The van der Waals surface area contributed by atoms with Crippen LogP contribution in [0.3, 0.4) is 0 Å². The third-order valence-electron chi connectivity index (χ3n) is 5.30. The minimum absolute atomic E-state index is 0.0373. The zero-order chi connectivity index (χ0) is 15.6. The summed E-state index contributed by atoms with van der Waals surface area (Å²) in [6, 6.07) is 4.58. The van der Waals surface area contributed by atoms with E-state index in [1.54, 1.807) is 11.3 Å². The molecule has 0 bridgehead atoms. The van der Waals surface area contributed by atoms with Crippen molar-refractivity contribution in [2.24, 2.45) is 23.0 Å². The Morgan fingerprint density at radius 1 is 1.52 bits per heavy atom. The molecule has 0 radical (unpaired) electrons. The summed E-state index contributed by atoms with van der Waals surface area (Å²) in [5.74, 6) is 0.635. The van der Waals surface area contributed by atoms with Crippen LogP contribution >= 0.6 is 11.3 Å². The zero-order valence-corrected chi connectivity index (χ0v) is 14.4. The van der Waals surface area contributed by atoms with E-state index in [0.717, 1.165) is 19.3 Å². The molecule has 1 aliphatic carbocycles. The smallest absolute Gasteiger partial charge is 0.223 e. The Hall–Kier alpha value is -0.870. The van der Waals surface area contributed by atoms with E-state index < -0.39 is 0 Å². The SMILES string of the molecule is CC(Cc1cccs1)NC(=O)C1CCC(N)C(C)C1(C)C. The number of carbonyl (C=O) groups is 1. The number of thiophene rings is 1. The lowest BCUT2D eigenvalue weighted by molar-refractivity contribution is -0.133. The molecule has 1 fully saturated rings. The van der Waals surface area contributed by atoms with Gasteiger partial charge in [-0.25, -0.2) is 0 Å². The van der Waals surface area contributed by atoms with Gasteiger partial charge in [-0.05, 0) is 42.5 Å². The number of hydrogen-bond donors (Lipinski definition) is 2. The maximum atomic E-state index is 12.7. The van der Waals surface area contributed by atoms with Gasteiger partial charge >= 0.3 is 0 Å². The van der Waals surface area contributed by atoms with Gasteiger partial charge in [0.25, 0.3) is 0 Å². The highest BCUT2D eigenvalue weighted by Crippen LogP contribution is 2.44. The summed E-state index contributed by atoms with van der Waals surface area (Å²) >= 11 is 1.75. The first kappa shape index (κ1) is 16.5. The largest absolute Gasteiger partial charge is 0.353 e. The second-order valence-electron chi connectivity index (χ2n) is 7.10. The van der Waals surface area contributed by atoms with Crippen molar-refractivity contribution in [3.8, 4) is 0 Å². The fourth-order valence-electron chi connectivity index (χ4n) is 3.44. The molecule has 0 saturated heterocycles. The summed E-state index contributed by atoms with van der Waals surface area (Å²) in [4.78, 5) is 14.0. The van der Waals surface area contributed by atoms with Crippen molar-refractivity contribution in [2.75, 3.05) is 0 Å². The Morgan fingerprint density at radius 3 is 2.86 bits per heavy atom. The van der Waals surface area contributed by atoms with E-state index in [-0.39, 0.29) is 29.3 Å². The molecule has 1 aromatic rings. The average molecular weight is 308 g/mol. The maximum Gasteiger partial charge on any atom is 0.223 e. The van der Waals surface area contributed by atoms with E-state index in [0.29, 0.717) is 5.92 Å². The molecule has 3 nitrogen and oxygen atoms in total. The maximum absolute atomic E-state index is 12.7. The lowest BCUT2D eigenvalue weighted by atomic mass is 9.61. The summed E-state index contributed by atoms with van der Waals surface area (Å²) in [6.45, 7) is 8.64. The van der Waals surface area contributed by atoms with Crippen LogP contribution in [0.1, 0.15) is 45.4 Å². The topological polar surface area (TPSA) is 55.1 Å². The van der Waals surface area contributed by atoms with Gasteiger partial charge in [-0.1, -0.05) is 26.8 Å². The summed E-state index contributed by atoms with van der Waals surface area (Å²) < 4.78 is 0. The molecule has 4 atom stereocenters. The van der Waals surface area contributed by atoms with Gasteiger partial charge in [0, 0.05) is 29.3 Å². The fraction of sp³-hybridized carbons (Fsp3) is 0.706. The number of rotatable bonds is 4. The molecule has 1 saturated carbocycles. The molecule has 4 heteroatoms. The molecule has 0 aromatic carbocycles. The van der Waals surface area contributed by atoms with Gasteiger partial charge in [-0.2, -0.15) is 0 Å². The van der Waals surface area contributed by atoms with Crippen molar-refractivity contribution in [2.45, 2.75) is 59.0 Å². The van der Waals surface area contributed by atoms with Crippen LogP contribution in [-0.4, -0.2) is 18.0 Å². The second kappa shape index (κ2) is 6.49. The van der Waals surface area contributed by atoms with Crippen LogP contribution in [0.5, 0.6) is 0 Å². The normalized spacial score (nSPS) is 29.9. The number of nitrogens with two attached hydrogens (primary N) is 1. The van der Waals surface area contributed by atoms with Crippen LogP contribution < -0.4 is 11.1 Å². The van der Waals surface area contributed by atoms with Crippen LogP contribution in [0.4, 0.5) is 0 Å². The van der Waals surface area contributed by atoms with Gasteiger partial charge < -0.3 is 11.1 Å². The quantitative estimate of drug-likeness (QED) is 0.897. The van der Waals surface area contributed by atoms with E-state index in [1.165, 1.54) is 4.88 Å². The van der Waals surface area contributed by atoms with E-state index in [2.05, 4.69) is 50.5 Å². The van der Waals surface area contributed by atoms with Crippen molar-refractivity contribution in [1.82, 2.24) is 5.32 Å². The van der Waals surface area contributed by atoms with Crippen molar-refractivity contribution >= 4 is 17.2 Å². The molecule has 1 heterocycles. The Bertz CT molecular complexity index is 469. The molecule has 4 unspecified atom stereocenters. The van der Waals surface area contributed by atoms with Crippen LogP contribution in [-0.2, 0) is 11.2 Å². The third kappa shape index (κ3) is 3.67. The third-order valence-corrected chi connectivity index (χ3v) is 6.19. The highest BCUT2D eigenvalue weighted by Gasteiger charge is 2.45. The Morgan fingerprint density at radius 2 is 2.24 bits per heavy atom. The van der Waals surface area contributed by atoms with Crippen LogP contribution in [0.15, 0.2) is 17.5 Å². The average Bonchev–Trinajstić information content (AvgIpc) is 2.88. The molecule has 1 aromatic heterocycles. The van der Waals surface area contributed by atoms with Gasteiger partial charge in [0.15, 0.2) is 0 Å². The summed E-state index contributed by atoms with van der Waals surface area (Å²) in [5, 5.41) is 5.29. The number of hydrogen-bond acceptors (Lipinski definition) is 3. The second-order valence-corrected chi connectivity index (χ2v) is 8.13. The standard InChI is InChI=1S/C17H28N2OS/c1-11(10-13-6-5-9-21-13)19-16(20)14-7-8-15(18)12(2)17(14,3)4/h5-6,9,11-12,14-15H,7-8,10,18H2,1-4H3,(H,19,20). The molecule has 1 amide bonds. The van der Waals surface area contributed by atoms with Gasteiger partial charge in [0.1, 0.15) is 0 Å². The summed E-state index contributed by atoms with van der Waals surface area (Å²) in [5.41, 5.74) is 6.14. The van der Waals surface area contributed by atoms with E-state index in [4.69, 9.17) is 5.73 Å².